The number of carbonyl (C=O) groups excluding carboxylic acids is 1. The van der Waals surface area contributed by atoms with Crippen LogP contribution in [0.5, 0.6) is 0 Å². The molecule has 0 aromatic heterocycles. The normalized spacial score (nSPS) is 13.9. The van der Waals surface area contributed by atoms with Crippen molar-refractivity contribution >= 4 is 11.7 Å². The van der Waals surface area contributed by atoms with E-state index in [4.69, 9.17) is 5.11 Å². The summed E-state index contributed by atoms with van der Waals surface area (Å²) in [6, 6.07) is 10.3. The monoisotopic (exact) mass is 277 g/mol. The van der Waals surface area contributed by atoms with Crippen molar-refractivity contribution in [1.82, 2.24) is 10.2 Å². The second-order valence-corrected chi connectivity index (χ2v) is 5.14. The maximum Gasteiger partial charge on any atom is 0.317 e. The molecule has 20 heavy (non-hydrogen) atoms. The number of nitrogens with zero attached hydrogens (tertiary/aromatic N) is 2. The molecule has 0 aliphatic heterocycles. The zero-order chi connectivity index (χ0) is 14.4. The average Bonchev–Trinajstić information content (AvgIpc) is 3.30. The van der Waals surface area contributed by atoms with Crippen molar-refractivity contribution in [2.75, 3.05) is 38.2 Å². The Bertz CT molecular complexity index is 420. The summed E-state index contributed by atoms with van der Waals surface area (Å²) < 4.78 is 0. The zero-order valence-electron chi connectivity index (χ0n) is 12.0. The van der Waals surface area contributed by atoms with Crippen molar-refractivity contribution in [2.24, 2.45) is 0 Å². The van der Waals surface area contributed by atoms with Crippen LogP contribution in [0.15, 0.2) is 30.3 Å². The molecule has 0 heterocycles. The van der Waals surface area contributed by atoms with E-state index in [0.717, 1.165) is 25.1 Å². The van der Waals surface area contributed by atoms with Gasteiger partial charge in [0, 0.05) is 38.4 Å². The summed E-state index contributed by atoms with van der Waals surface area (Å²) in [5, 5.41) is 11.9. The zero-order valence-corrected chi connectivity index (χ0v) is 12.0. The Morgan fingerprint density at radius 2 is 2.00 bits per heavy atom. The first-order valence-corrected chi connectivity index (χ1v) is 7.14. The van der Waals surface area contributed by atoms with Crippen LogP contribution in [0.4, 0.5) is 10.5 Å². The fourth-order valence-electron chi connectivity index (χ4n) is 2.19. The number of likely N-dealkylation sites (N-methyl/N-ethyl adjacent to an activating group) is 1. The molecule has 0 bridgehead atoms. The van der Waals surface area contributed by atoms with Gasteiger partial charge in [-0.05, 0) is 25.0 Å². The number of para-hydroxylation sites is 1. The minimum absolute atomic E-state index is 0.0217. The number of hydrogen-bond acceptors (Lipinski definition) is 3. The predicted molar refractivity (Wildman–Crippen MR) is 79.9 cm³/mol. The van der Waals surface area contributed by atoms with E-state index in [9.17, 15) is 4.79 Å². The fraction of sp³-hybridized carbons (Fsp3) is 0.533. The SMILES string of the molecule is CN(CCNC(=O)N(CCO)C1CC1)c1ccccc1. The molecule has 0 radical (unpaired) electrons. The van der Waals surface area contributed by atoms with E-state index in [1.54, 1.807) is 4.90 Å². The van der Waals surface area contributed by atoms with Gasteiger partial charge in [-0.1, -0.05) is 18.2 Å². The number of rotatable bonds is 7. The van der Waals surface area contributed by atoms with Crippen LogP contribution < -0.4 is 10.2 Å². The standard InChI is InChI=1S/C15H23N3O2/c1-17(13-5-3-2-4-6-13)10-9-16-15(20)18(11-12-19)14-7-8-14/h2-6,14,19H,7-12H2,1H3,(H,16,20). The molecular formula is C15H23N3O2. The molecule has 2 N–H and O–H groups in total. The topological polar surface area (TPSA) is 55.8 Å². The molecule has 1 aromatic carbocycles. The van der Waals surface area contributed by atoms with Gasteiger partial charge in [0.2, 0.25) is 0 Å². The number of anilines is 1. The predicted octanol–water partition coefficient (Wildman–Crippen LogP) is 1.29. The summed E-state index contributed by atoms with van der Waals surface area (Å²) >= 11 is 0. The first-order valence-electron chi connectivity index (χ1n) is 7.14. The third kappa shape index (κ3) is 4.13. The lowest BCUT2D eigenvalue weighted by molar-refractivity contribution is 0.174. The number of nitrogens with one attached hydrogen (secondary N) is 1. The second-order valence-electron chi connectivity index (χ2n) is 5.14. The smallest absolute Gasteiger partial charge is 0.317 e. The molecule has 5 nitrogen and oxygen atoms in total. The summed E-state index contributed by atoms with van der Waals surface area (Å²) in [6.45, 7) is 1.80. The molecule has 1 aliphatic carbocycles. The Morgan fingerprint density at radius 1 is 1.30 bits per heavy atom. The molecule has 1 aromatic rings. The van der Waals surface area contributed by atoms with Crippen LogP contribution in [0.2, 0.25) is 0 Å². The Balaban J connectivity index is 1.73. The first-order chi connectivity index (χ1) is 9.72. The Hall–Kier alpha value is -1.75. The molecule has 0 unspecified atom stereocenters. The highest BCUT2D eigenvalue weighted by Gasteiger charge is 2.31. The van der Waals surface area contributed by atoms with Crippen molar-refractivity contribution in [1.29, 1.82) is 0 Å². The highest BCUT2D eigenvalue weighted by Crippen LogP contribution is 2.26. The van der Waals surface area contributed by atoms with Crippen molar-refractivity contribution in [3.63, 3.8) is 0 Å². The van der Waals surface area contributed by atoms with Crippen LogP contribution in [-0.4, -0.2) is 55.4 Å². The summed E-state index contributed by atoms with van der Waals surface area (Å²) in [5.74, 6) is 0. The second kappa shape index (κ2) is 7.14. The Labute approximate surface area is 120 Å². The van der Waals surface area contributed by atoms with Crippen LogP contribution in [0.1, 0.15) is 12.8 Å². The molecule has 2 rings (SSSR count). The first kappa shape index (κ1) is 14.7. The van der Waals surface area contributed by atoms with Gasteiger partial charge in [-0.3, -0.25) is 0 Å². The van der Waals surface area contributed by atoms with Crippen LogP contribution in [0.25, 0.3) is 0 Å². The number of benzene rings is 1. The molecule has 2 amide bonds. The highest BCUT2D eigenvalue weighted by atomic mass is 16.3. The molecule has 1 saturated carbocycles. The van der Waals surface area contributed by atoms with Gasteiger partial charge in [-0.25, -0.2) is 4.79 Å². The molecule has 1 aliphatic rings. The molecule has 0 atom stereocenters. The lowest BCUT2D eigenvalue weighted by atomic mass is 10.3. The van der Waals surface area contributed by atoms with E-state index < -0.39 is 0 Å². The summed E-state index contributed by atoms with van der Waals surface area (Å²) in [5.41, 5.74) is 1.14. The van der Waals surface area contributed by atoms with Gasteiger partial charge in [0.25, 0.3) is 0 Å². The number of carbonyl (C=O) groups is 1. The lowest BCUT2D eigenvalue weighted by Gasteiger charge is -2.24. The van der Waals surface area contributed by atoms with Gasteiger partial charge in [-0.15, -0.1) is 0 Å². The maximum absolute atomic E-state index is 12.0. The molecule has 1 fully saturated rings. The van der Waals surface area contributed by atoms with Crippen molar-refractivity contribution in [3.8, 4) is 0 Å². The summed E-state index contributed by atoms with van der Waals surface area (Å²) in [7, 11) is 2.01. The molecule has 0 spiro atoms. The van der Waals surface area contributed by atoms with Gasteiger partial charge in [0.05, 0.1) is 6.61 Å². The number of aliphatic hydroxyl groups excluding tert-OH is 1. The average molecular weight is 277 g/mol. The lowest BCUT2D eigenvalue weighted by Crippen LogP contribution is -2.45. The molecule has 0 saturated heterocycles. The minimum atomic E-state index is -0.0667. The van der Waals surface area contributed by atoms with Crippen LogP contribution in [0, 0.1) is 0 Å². The highest BCUT2D eigenvalue weighted by molar-refractivity contribution is 5.75. The number of aliphatic hydroxyl groups is 1. The van der Waals surface area contributed by atoms with Crippen LogP contribution in [-0.2, 0) is 0 Å². The van der Waals surface area contributed by atoms with E-state index in [1.165, 1.54) is 0 Å². The number of amides is 2. The molecule has 5 heteroatoms. The third-order valence-electron chi connectivity index (χ3n) is 3.51. The third-order valence-corrected chi connectivity index (χ3v) is 3.51. The maximum atomic E-state index is 12.0. The number of hydrogen-bond donors (Lipinski definition) is 2. The largest absolute Gasteiger partial charge is 0.395 e. The summed E-state index contributed by atoms with van der Waals surface area (Å²) in [4.78, 5) is 15.9. The number of urea groups is 1. The van der Waals surface area contributed by atoms with E-state index >= 15 is 0 Å². The van der Waals surface area contributed by atoms with Crippen LogP contribution in [0.3, 0.4) is 0 Å². The Morgan fingerprint density at radius 3 is 2.60 bits per heavy atom. The van der Waals surface area contributed by atoms with Gasteiger partial charge in [0.1, 0.15) is 0 Å². The summed E-state index contributed by atoms with van der Waals surface area (Å²) in [6.07, 6.45) is 2.11. The van der Waals surface area contributed by atoms with E-state index in [1.807, 2.05) is 37.4 Å². The fourth-order valence-corrected chi connectivity index (χ4v) is 2.19. The quantitative estimate of drug-likeness (QED) is 0.789. The van der Waals surface area contributed by atoms with Crippen molar-refractivity contribution in [3.05, 3.63) is 30.3 Å². The molecule has 110 valence electrons. The van der Waals surface area contributed by atoms with Crippen molar-refractivity contribution in [2.45, 2.75) is 18.9 Å². The van der Waals surface area contributed by atoms with Gasteiger partial charge in [-0.2, -0.15) is 0 Å². The van der Waals surface area contributed by atoms with Gasteiger partial charge < -0.3 is 20.2 Å². The van der Waals surface area contributed by atoms with Gasteiger partial charge >= 0.3 is 6.03 Å². The van der Waals surface area contributed by atoms with Crippen molar-refractivity contribution < 1.29 is 9.90 Å². The Kier molecular flexibility index (Phi) is 5.24. The van der Waals surface area contributed by atoms with Gasteiger partial charge in [0.15, 0.2) is 0 Å². The molecular weight excluding hydrogens is 254 g/mol. The van der Waals surface area contributed by atoms with E-state index in [0.29, 0.717) is 19.1 Å². The van der Waals surface area contributed by atoms with Crippen LogP contribution >= 0.6 is 0 Å². The van der Waals surface area contributed by atoms with E-state index in [2.05, 4.69) is 10.2 Å². The minimum Gasteiger partial charge on any atom is -0.395 e. The van der Waals surface area contributed by atoms with E-state index in [-0.39, 0.29) is 12.6 Å².